The highest BCUT2D eigenvalue weighted by Crippen LogP contribution is 2.27. The second-order valence-corrected chi connectivity index (χ2v) is 7.57. The van der Waals surface area contributed by atoms with E-state index in [4.69, 9.17) is 9.47 Å². The molecule has 27 heavy (non-hydrogen) atoms. The maximum atomic E-state index is 6.10. The third kappa shape index (κ3) is 4.83. The maximum Gasteiger partial charge on any atom is 0.191 e. The smallest absolute Gasteiger partial charge is 0.191 e. The summed E-state index contributed by atoms with van der Waals surface area (Å²) in [5.41, 5.74) is 3.55. The molecule has 0 radical (unpaired) electrons. The van der Waals surface area contributed by atoms with Gasteiger partial charge in [0.05, 0.1) is 7.11 Å². The Labute approximate surface area is 164 Å². The molecule has 0 saturated heterocycles. The van der Waals surface area contributed by atoms with Gasteiger partial charge in [0.25, 0.3) is 0 Å². The first-order chi connectivity index (χ1) is 13.0. The molecule has 3 aromatic rings. The second kappa shape index (κ2) is 8.48. The number of thioether (sulfide) groups is 1. The molecule has 6 heteroatoms. The SMILES string of the molecule is COc1cccc(CSc2nnc(C(C)Oc3cc(C)cc(C)c3)n2C)c1. The lowest BCUT2D eigenvalue weighted by Crippen LogP contribution is -2.10. The number of rotatable bonds is 7. The van der Waals surface area contributed by atoms with E-state index in [9.17, 15) is 0 Å². The molecule has 0 spiro atoms. The number of nitrogens with zero attached hydrogens (tertiary/aromatic N) is 3. The van der Waals surface area contributed by atoms with Crippen molar-refractivity contribution in [3.63, 3.8) is 0 Å². The van der Waals surface area contributed by atoms with Crippen LogP contribution in [0.3, 0.4) is 0 Å². The van der Waals surface area contributed by atoms with Crippen molar-refractivity contribution in [1.82, 2.24) is 14.8 Å². The molecule has 0 saturated carbocycles. The lowest BCUT2D eigenvalue weighted by molar-refractivity contribution is 0.211. The van der Waals surface area contributed by atoms with E-state index in [0.717, 1.165) is 28.2 Å². The summed E-state index contributed by atoms with van der Waals surface area (Å²) in [6, 6.07) is 14.3. The Kier molecular flexibility index (Phi) is 6.06. The van der Waals surface area contributed by atoms with Crippen molar-refractivity contribution in [3.8, 4) is 11.5 Å². The molecule has 1 heterocycles. The van der Waals surface area contributed by atoms with Gasteiger partial charge in [-0.1, -0.05) is 30.0 Å². The maximum absolute atomic E-state index is 6.10. The fourth-order valence-electron chi connectivity index (χ4n) is 2.97. The summed E-state index contributed by atoms with van der Waals surface area (Å²) < 4.78 is 13.4. The quantitative estimate of drug-likeness (QED) is 0.545. The number of aromatic nitrogens is 3. The van der Waals surface area contributed by atoms with Gasteiger partial charge in [0.2, 0.25) is 0 Å². The van der Waals surface area contributed by atoms with E-state index in [1.54, 1.807) is 18.9 Å². The largest absolute Gasteiger partial charge is 0.497 e. The van der Waals surface area contributed by atoms with Crippen molar-refractivity contribution >= 4 is 11.8 Å². The van der Waals surface area contributed by atoms with E-state index in [1.165, 1.54) is 16.7 Å². The molecule has 0 bridgehead atoms. The predicted molar refractivity (Wildman–Crippen MR) is 109 cm³/mol. The van der Waals surface area contributed by atoms with Gasteiger partial charge in [-0.15, -0.1) is 10.2 Å². The highest BCUT2D eigenvalue weighted by atomic mass is 32.2. The van der Waals surface area contributed by atoms with E-state index in [0.29, 0.717) is 0 Å². The van der Waals surface area contributed by atoms with Crippen LogP contribution in [0, 0.1) is 13.8 Å². The third-order valence-electron chi connectivity index (χ3n) is 4.24. The molecule has 1 aromatic heterocycles. The summed E-state index contributed by atoms with van der Waals surface area (Å²) >= 11 is 1.65. The Bertz CT molecular complexity index is 903. The van der Waals surface area contributed by atoms with Crippen molar-refractivity contribution < 1.29 is 9.47 Å². The molecular weight excluding hydrogens is 358 g/mol. The minimum absolute atomic E-state index is 0.185. The lowest BCUT2D eigenvalue weighted by Gasteiger charge is -2.15. The zero-order valence-corrected chi connectivity index (χ0v) is 17.2. The standard InChI is InChI=1S/C21H25N3O2S/c1-14-9-15(2)11-19(10-14)26-16(3)20-22-23-21(24(20)4)27-13-17-7-6-8-18(12-17)25-5/h6-12,16H,13H2,1-5H3. The molecule has 0 aliphatic rings. The van der Waals surface area contributed by atoms with Crippen molar-refractivity contribution in [2.75, 3.05) is 7.11 Å². The predicted octanol–water partition coefficient (Wildman–Crippen LogP) is 4.87. The third-order valence-corrected chi connectivity index (χ3v) is 5.33. The molecule has 0 aliphatic heterocycles. The number of hydrogen-bond acceptors (Lipinski definition) is 5. The Hall–Kier alpha value is -2.47. The molecule has 1 atom stereocenters. The van der Waals surface area contributed by atoms with Gasteiger partial charge in [0, 0.05) is 12.8 Å². The highest BCUT2D eigenvalue weighted by Gasteiger charge is 2.17. The van der Waals surface area contributed by atoms with Crippen molar-refractivity contribution in [1.29, 1.82) is 0 Å². The van der Waals surface area contributed by atoms with Crippen LogP contribution in [0.4, 0.5) is 0 Å². The van der Waals surface area contributed by atoms with Gasteiger partial charge in [-0.05, 0) is 61.7 Å². The number of methoxy groups -OCH3 is 1. The molecular formula is C21H25N3O2S. The Balaban J connectivity index is 1.68. The zero-order valence-electron chi connectivity index (χ0n) is 16.4. The summed E-state index contributed by atoms with van der Waals surface area (Å²) in [4.78, 5) is 0. The average molecular weight is 384 g/mol. The van der Waals surface area contributed by atoms with Gasteiger partial charge >= 0.3 is 0 Å². The van der Waals surface area contributed by atoms with Crippen LogP contribution in [0.15, 0.2) is 47.6 Å². The van der Waals surface area contributed by atoms with Crippen molar-refractivity contribution in [2.24, 2.45) is 7.05 Å². The molecule has 142 valence electrons. The van der Waals surface area contributed by atoms with E-state index in [2.05, 4.69) is 36.2 Å². The molecule has 3 rings (SSSR count). The van der Waals surface area contributed by atoms with Crippen LogP contribution in [0.1, 0.15) is 35.5 Å². The van der Waals surface area contributed by atoms with Crippen LogP contribution in [0.5, 0.6) is 11.5 Å². The summed E-state index contributed by atoms with van der Waals surface area (Å²) in [6.07, 6.45) is -0.185. The first-order valence-electron chi connectivity index (χ1n) is 8.86. The Morgan fingerprint density at radius 3 is 2.48 bits per heavy atom. The average Bonchev–Trinajstić information content (AvgIpc) is 3.00. The van der Waals surface area contributed by atoms with Crippen LogP contribution in [-0.2, 0) is 12.8 Å². The molecule has 0 N–H and O–H groups in total. The van der Waals surface area contributed by atoms with E-state index in [1.807, 2.05) is 48.9 Å². The van der Waals surface area contributed by atoms with Crippen LogP contribution in [0.25, 0.3) is 0 Å². The number of ether oxygens (including phenoxy) is 2. The van der Waals surface area contributed by atoms with E-state index >= 15 is 0 Å². The molecule has 1 unspecified atom stereocenters. The number of aryl methyl sites for hydroxylation is 2. The summed E-state index contributed by atoms with van der Waals surface area (Å²) in [7, 11) is 3.66. The minimum atomic E-state index is -0.185. The monoisotopic (exact) mass is 383 g/mol. The first kappa shape index (κ1) is 19.3. The van der Waals surface area contributed by atoms with Crippen LogP contribution >= 0.6 is 11.8 Å². The summed E-state index contributed by atoms with van der Waals surface area (Å²) in [6.45, 7) is 6.14. The van der Waals surface area contributed by atoms with E-state index < -0.39 is 0 Å². The van der Waals surface area contributed by atoms with Gasteiger partial charge in [0.15, 0.2) is 17.1 Å². The highest BCUT2D eigenvalue weighted by molar-refractivity contribution is 7.98. The number of benzene rings is 2. The van der Waals surface area contributed by atoms with Crippen LogP contribution < -0.4 is 9.47 Å². The van der Waals surface area contributed by atoms with Gasteiger partial charge in [-0.3, -0.25) is 0 Å². The minimum Gasteiger partial charge on any atom is -0.497 e. The van der Waals surface area contributed by atoms with E-state index in [-0.39, 0.29) is 6.10 Å². The first-order valence-corrected chi connectivity index (χ1v) is 9.85. The van der Waals surface area contributed by atoms with Gasteiger partial charge in [0.1, 0.15) is 11.5 Å². The normalized spacial score (nSPS) is 12.0. The molecule has 0 amide bonds. The van der Waals surface area contributed by atoms with Gasteiger partial charge in [-0.25, -0.2) is 0 Å². The zero-order chi connectivity index (χ0) is 19.4. The fourth-order valence-corrected chi connectivity index (χ4v) is 3.83. The van der Waals surface area contributed by atoms with Gasteiger partial charge in [-0.2, -0.15) is 0 Å². The summed E-state index contributed by atoms with van der Waals surface area (Å²) in [5, 5.41) is 9.55. The fraction of sp³-hybridized carbons (Fsp3) is 0.333. The topological polar surface area (TPSA) is 49.2 Å². The van der Waals surface area contributed by atoms with Crippen molar-refractivity contribution in [2.45, 2.75) is 37.8 Å². The van der Waals surface area contributed by atoms with Crippen LogP contribution in [-0.4, -0.2) is 21.9 Å². The molecule has 0 aliphatic carbocycles. The van der Waals surface area contributed by atoms with Crippen LogP contribution in [0.2, 0.25) is 0 Å². The molecule has 2 aromatic carbocycles. The second-order valence-electron chi connectivity index (χ2n) is 6.62. The van der Waals surface area contributed by atoms with Crippen molar-refractivity contribution in [3.05, 3.63) is 65.0 Å². The Morgan fingerprint density at radius 2 is 1.78 bits per heavy atom. The Morgan fingerprint density at radius 1 is 1.04 bits per heavy atom. The molecule has 5 nitrogen and oxygen atoms in total. The van der Waals surface area contributed by atoms with Gasteiger partial charge < -0.3 is 14.0 Å². The molecule has 0 fully saturated rings. The lowest BCUT2D eigenvalue weighted by atomic mass is 10.1. The summed E-state index contributed by atoms with van der Waals surface area (Å²) in [5.74, 6) is 3.33. The number of hydrogen-bond donors (Lipinski definition) is 0.